The number of aromatic nitrogens is 2. The lowest BCUT2D eigenvalue weighted by Gasteiger charge is -1.94. The van der Waals surface area contributed by atoms with E-state index >= 15 is 0 Å². The third-order valence-corrected chi connectivity index (χ3v) is 2.42. The lowest BCUT2D eigenvalue weighted by Crippen LogP contribution is -2.09. The average Bonchev–Trinajstić information content (AvgIpc) is 2.16. The van der Waals surface area contributed by atoms with Crippen LogP contribution in [0.1, 0.15) is 0 Å². The van der Waals surface area contributed by atoms with Gasteiger partial charge in [0.05, 0.1) is 11.0 Å². The number of benzene rings is 1. The van der Waals surface area contributed by atoms with Crippen molar-refractivity contribution in [2.24, 2.45) is 0 Å². The van der Waals surface area contributed by atoms with Gasteiger partial charge in [-0.2, -0.15) is 8.42 Å². The molecule has 0 amide bonds. The maximum Gasteiger partial charge on any atom is 0.288 e. The Morgan fingerprint density at radius 2 is 1.57 bits per heavy atom. The molecule has 1 heterocycles. The minimum absolute atomic E-state index is 0.358. The fourth-order valence-corrected chi connectivity index (χ4v) is 1.57. The molecule has 0 aliphatic carbocycles. The highest BCUT2D eigenvalue weighted by atomic mass is 32.2. The molecule has 72 valence electrons. The number of para-hydroxylation sites is 2. The molecule has 0 bridgehead atoms. The standard InChI is InChI=1S/C8H6N2O3S/c11-7-8(14(12)13)10-6-4-2-1-3-5(6)9-7/h1-4,10H,(H,9,11). The van der Waals surface area contributed by atoms with Crippen LogP contribution < -0.4 is 5.56 Å². The van der Waals surface area contributed by atoms with Crippen molar-refractivity contribution >= 4 is 21.3 Å². The summed E-state index contributed by atoms with van der Waals surface area (Å²) < 4.78 is 20.9. The third-order valence-electron chi connectivity index (χ3n) is 1.80. The van der Waals surface area contributed by atoms with Gasteiger partial charge in [0.25, 0.3) is 5.56 Å². The first-order chi connectivity index (χ1) is 6.68. The molecule has 1 aromatic carbocycles. The molecular formula is C8H6N2O3S. The monoisotopic (exact) mass is 210 g/mol. The molecule has 0 aliphatic rings. The van der Waals surface area contributed by atoms with Gasteiger partial charge in [0, 0.05) is 0 Å². The molecule has 2 rings (SSSR count). The Morgan fingerprint density at radius 1 is 1.00 bits per heavy atom. The lowest BCUT2D eigenvalue weighted by molar-refractivity contribution is 0.624. The molecule has 14 heavy (non-hydrogen) atoms. The van der Waals surface area contributed by atoms with Crippen LogP contribution in [0, 0.1) is 4.64 Å². The first-order valence-corrected chi connectivity index (χ1v) is 4.89. The molecule has 2 N–H and O–H groups in total. The van der Waals surface area contributed by atoms with Gasteiger partial charge < -0.3 is 9.97 Å². The summed E-state index contributed by atoms with van der Waals surface area (Å²) in [7, 11) is -2.55. The van der Waals surface area contributed by atoms with Crippen LogP contribution in [0.5, 0.6) is 0 Å². The molecule has 0 saturated heterocycles. The van der Waals surface area contributed by atoms with E-state index in [2.05, 4.69) is 9.97 Å². The van der Waals surface area contributed by atoms with Crippen LogP contribution >= 0.6 is 0 Å². The molecule has 0 radical (unpaired) electrons. The highest BCUT2D eigenvalue weighted by Crippen LogP contribution is 2.03. The molecule has 0 saturated carbocycles. The second-order valence-electron chi connectivity index (χ2n) is 2.69. The Balaban J connectivity index is 3.16. The molecule has 0 unspecified atom stereocenters. The van der Waals surface area contributed by atoms with Crippen LogP contribution in [0.4, 0.5) is 0 Å². The number of fused-ring (bicyclic) bond motifs is 1. The zero-order valence-electron chi connectivity index (χ0n) is 6.94. The molecule has 6 heteroatoms. The number of H-pyrrole nitrogens is 2. The molecule has 0 spiro atoms. The summed E-state index contributed by atoms with van der Waals surface area (Å²) >= 11 is 0. The zero-order chi connectivity index (χ0) is 10.1. The van der Waals surface area contributed by atoms with Crippen molar-refractivity contribution in [2.75, 3.05) is 0 Å². The van der Waals surface area contributed by atoms with Crippen molar-refractivity contribution in [3.63, 3.8) is 0 Å². The van der Waals surface area contributed by atoms with E-state index in [1.165, 1.54) is 0 Å². The van der Waals surface area contributed by atoms with Gasteiger partial charge in [-0.25, -0.2) is 0 Å². The molecule has 0 atom stereocenters. The Labute approximate surface area is 79.6 Å². The van der Waals surface area contributed by atoms with Crippen LogP contribution in [-0.4, -0.2) is 18.4 Å². The minimum atomic E-state index is -2.55. The van der Waals surface area contributed by atoms with Gasteiger partial charge in [0.2, 0.25) is 14.9 Å². The quantitative estimate of drug-likeness (QED) is 0.612. The van der Waals surface area contributed by atoms with E-state index in [-0.39, 0.29) is 4.64 Å². The average molecular weight is 210 g/mol. The van der Waals surface area contributed by atoms with E-state index in [0.717, 1.165) is 0 Å². The van der Waals surface area contributed by atoms with E-state index in [4.69, 9.17) is 0 Å². The first-order valence-electron chi connectivity index (χ1n) is 3.82. The predicted octanol–water partition coefficient (Wildman–Crippen LogP) is 0.267. The molecule has 1 aromatic heterocycles. The Morgan fingerprint density at radius 3 is 2.14 bits per heavy atom. The fourth-order valence-electron chi connectivity index (χ4n) is 1.18. The van der Waals surface area contributed by atoms with Gasteiger partial charge in [-0.1, -0.05) is 12.1 Å². The minimum Gasteiger partial charge on any atom is -0.336 e. The summed E-state index contributed by atoms with van der Waals surface area (Å²) in [4.78, 5) is 16.2. The molecular weight excluding hydrogens is 204 g/mol. The van der Waals surface area contributed by atoms with Gasteiger partial charge in [-0.05, 0) is 12.1 Å². The predicted molar refractivity (Wildman–Crippen MR) is 51.1 cm³/mol. The Kier molecular flexibility index (Phi) is 1.97. The van der Waals surface area contributed by atoms with E-state index in [1.54, 1.807) is 24.3 Å². The van der Waals surface area contributed by atoms with Crippen molar-refractivity contribution in [3.8, 4) is 0 Å². The van der Waals surface area contributed by atoms with Crippen molar-refractivity contribution in [3.05, 3.63) is 39.3 Å². The number of rotatable bonds is 0. The summed E-state index contributed by atoms with van der Waals surface area (Å²) in [6.45, 7) is 0. The number of hydrogen-bond donors (Lipinski definition) is 2. The highest BCUT2D eigenvalue weighted by molar-refractivity contribution is 7.63. The van der Waals surface area contributed by atoms with E-state index in [0.29, 0.717) is 11.0 Å². The van der Waals surface area contributed by atoms with Gasteiger partial charge in [-0.15, -0.1) is 0 Å². The van der Waals surface area contributed by atoms with Crippen molar-refractivity contribution in [1.82, 2.24) is 9.97 Å². The molecule has 0 aliphatic heterocycles. The Hall–Kier alpha value is -1.82. The number of hydrogen-bond acceptors (Lipinski definition) is 3. The SMILES string of the molecule is O=c1[nH]c2ccccc2[nH]c1=S(=O)=O. The maximum absolute atomic E-state index is 11.2. The fraction of sp³-hybridized carbons (Fsp3) is 0. The third kappa shape index (κ3) is 1.35. The summed E-state index contributed by atoms with van der Waals surface area (Å²) in [5, 5.41) is 0. The van der Waals surface area contributed by atoms with Crippen molar-refractivity contribution < 1.29 is 8.42 Å². The second kappa shape index (κ2) is 3.15. The molecule has 0 fully saturated rings. The van der Waals surface area contributed by atoms with Crippen molar-refractivity contribution in [2.45, 2.75) is 0 Å². The van der Waals surface area contributed by atoms with Crippen molar-refractivity contribution in [1.29, 1.82) is 0 Å². The summed E-state index contributed by atoms with van der Waals surface area (Å²) in [5.74, 6) is 0. The maximum atomic E-state index is 11.2. The largest absolute Gasteiger partial charge is 0.336 e. The number of nitrogens with one attached hydrogen (secondary N) is 2. The highest BCUT2D eigenvalue weighted by Gasteiger charge is 1.96. The van der Waals surface area contributed by atoms with Crippen LogP contribution in [0.25, 0.3) is 11.0 Å². The number of aromatic amines is 2. The van der Waals surface area contributed by atoms with E-state index in [1.807, 2.05) is 0 Å². The Bertz CT molecular complexity index is 701. The normalized spacial score (nSPS) is 10.3. The van der Waals surface area contributed by atoms with E-state index < -0.39 is 15.9 Å². The van der Waals surface area contributed by atoms with Gasteiger partial charge in [0.1, 0.15) is 0 Å². The topological polar surface area (TPSA) is 82.8 Å². The van der Waals surface area contributed by atoms with Gasteiger partial charge >= 0.3 is 0 Å². The summed E-state index contributed by atoms with van der Waals surface area (Å²) in [6, 6.07) is 6.86. The van der Waals surface area contributed by atoms with E-state index in [9.17, 15) is 13.2 Å². The first kappa shape index (κ1) is 8.76. The van der Waals surface area contributed by atoms with Gasteiger partial charge in [-0.3, -0.25) is 4.79 Å². The lowest BCUT2D eigenvalue weighted by atomic mass is 10.3. The molecule has 2 aromatic rings. The molecule has 5 nitrogen and oxygen atoms in total. The van der Waals surface area contributed by atoms with Crippen LogP contribution in [0.3, 0.4) is 0 Å². The smallest absolute Gasteiger partial charge is 0.288 e. The summed E-state index contributed by atoms with van der Waals surface area (Å²) in [6.07, 6.45) is 0. The summed E-state index contributed by atoms with van der Waals surface area (Å²) in [5.41, 5.74) is 0.509. The van der Waals surface area contributed by atoms with Crippen LogP contribution in [0.2, 0.25) is 0 Å². The van der Waals surface area contributed by atoms with Crippen LogP contribution in [0.15, 0.2) is 29.1 Å². The van der Waals surface area contributed by atoms with Gasteiger partial charge in [0.15, 0.2) is 0 Å². The second-order valence-corrected chi connectivity index (χ2v) is 3.57. The van der Waals surface area contributed by atoms with Crippen LogP contribution in [-0.2, 0) is 10.3 Å². The zero-order valence-corrected chi connectivity index (χ0v) is 7.76.